The number of hydrogen-bond acceptors (Lipinski definition) is 4. The third kappa shape index (κ3) is 6.18. The van der Waals surface area contributed by atoms with Crippen LogP contribution >= 0.6 is 0 Å². The number of nitrogens with one attached hydrogen (secondary N) is 2. The van der Waals surface area contributed by atoms with Gasteiger partial charge < -0.3 is 10.6 Å². The van der Waals surface area contributed by atoms with Crippen molar-refractivity contribution in [3.63, 3.8) is 0 Å². The molecule has 1 aromatic rings. The number of amides is 1. The molecule has 0 aliphatic heterocycles. The van der Waals surface area contributed by atoms with Gasteiger partial charge in [-0.3, -0.25) is 4.79 Å². The van der Waals surface area contributed by atoms with Gasteiger partial charge in [-0.15, -0.1) is 0 Å². The zero-order valence-corrected chi connectivity index (χ0v) is 11.9. The second kappa shape index (κ2) is 9.30. The van der Waals surface area contributed by atoms with Gasteiger partial charge in [0.25, 0.3) is 5.91 Å². The highest BCUT2D eigenvalue weighted by Gasteiger charge is 2.06. The summed E-state index contributed by atoms with van der Waals surface area (Å²) in [5, 5.41) is 5.98. The van der Waals surface area contributed by atoms with Crippen molar-refractivity contribution in [2.45, 2.75) is 46.0 Å². The fourth-order valence-corrected chi connectivity index (χ4v) is 1.63. The minimum absolute atomic E-state index is 0.147. The van der Waals surface area contributed by atoms with E-state index >= 15 is 0 Å². The van der Waals surface area contributed by atoms with E-state index in [2.05, 4.69) is 34.4 Å². The SMILES string of the molecule is CCCCCCNC(=O)c1cnc(NCCC)cn1. The van der Waals surface area contributed by atoms with E-state index in [0.29, 0.717) is 18.1 Å². The Labute approximate surface area is 115 Å². The van der Waals surface area contributed by atoms with E-state index in [-0.39, 0.29) is 5.91 Å². The number of nitrogens with zero attached hydrogens (tertiary/aromatic N) is 2. The molecule has 0 unspecified atom stereocenters. The summed E-state index contributed by atoms with van der Waals surface area (Å²) in [6.07, 6.45) is 8.73. The van der Waals surface area contributed by atoms with Gasteiger partial charge in [-0.2, -0.15) is 0 Å². The first-order valence-electron chi connectivity index (χ1n) is 7.12. The van der Waals surface area contributed by atoms with Crippen LogP contribution in [0.15, 0.2) is 12.4 Å². The van der Waals surface area contributed by atoms with Crippen LogP contribution in [0.3, 0.4) is 0 Å². The fourth-order valence-electron chi connectivity index (χ4n) is 1.63. The minimum atomic E-state index is -0.147. The minimum Gasteiger partial charge on any atom is -0.369 e. The maximum Gasteiger partial charge on any atom is 0.271 e. The summed E-state index contributed by atoms with van der Waals surface area (Å²) in [6, 6.07) is 0. The van der Waals surface area contributed by atoms with Crippen LogP contribution in [-0.4, -0.2) is 29.0 Å². The molecule has 0 aliphatic rings. The molecule has 5 heteroatoms. The van der Waals surface area contributed by atoms with Crippen LogP contribution < -0.4 is 10.6 Å². The first-order chi connectivity index (χ1) is 9.27. The zero-order valence-electron chi connectivity index (χ0n) is 11.9. The normalized spacial score (nSPS) is 10.2. The molecule has 2 N–H and O–H groups in total. The summed E-state index contributed by atoms with van der Waals surface area (Å²) >= 11 is 0. The summed E-state index contributed by atoms with van der Waals surface area (Å²) in [6.45, 7) is 5.82. The number of rotatable bonds is 9. The van der Waals surface area contributed by atoms with Crippen LogP contribution in [0, 0.1) is 0 Å². The molecule has 0 atom stereocenters. The Morgan fingerprint density at radius 3 is 2.53 bits per heavy atom. The highest BCUT2D eigenvalue weighted by molar-refractivity contribution is 5.91. The lowest BCUT2D eigenvalue weighted by molar-refractivity contribution is 0.0947. The second-order valence-electron chi connectivity index (χ2n) is 4.53. The Morgan fingerprint density at radius 1 is 1.05 bits per heavy atom. The molecule has 0 saturated heterocycles. The predicted molar refractivity (Wildman–Crippen MR) is 77.3 cm³/mol. The van der Waals surface area contributed by atoms with Crippen molar-refractivity contribution in [2.75, 3.05) is 18.4 Å². The van der Waals surface area contributed by atoms with Crippen LogP contribution in [-0.2, 0) is 0 Å². The molecule has 0 bridgehead atoms. The third-order valence-corrected chi connectivity index (χ3v) is 2.76. The highest BCUT2D eigenvalue weighted by Crippen LogP contribution is 2.02. The number of aromatic nitrogens is 2. The topological polar surface area (TPSA) is 66.9 Å². The molecule has 0 radical (unpaired) electrons. The number of carbonyl (C=O) groups excluding carboxylic acids is 1. The Balaban J connectivity index is 2.32. The van der Waals surface area contributed by atoms with Crippen LogP contribution in [0.25, 0.3) is 0 Å². The number of carbonyl (C=O) groups is 1. The quantitative estimate of drug-likeness (QED) is 0.673. The van der Waals surface area contributed by atoms with Crippen molar-refractivity contribution < 1.29 is 4.79 Å². The van der Waals surface area contributed by atoms with Crippen molar-refractivity contribution >= 4 is 11.7 Å². The van der Waals surface area contributed by atoms with Crippen molar-refractivity contribution in [1.82, 2.24) is 15.3 Å². The molecule has 19 heavy (non-hydrogen) atoms. The number of unbranched alkanes of at least 4 members (excludes halogenated alkanes) is 3. The van der Waals surface area contributed by atoms with Crippen molar-refractivity contribution in [1.29, 1.82) is 0 Å². The standard InChI is InChI=1S/C14H24N4O/c1-3-5-6-7-9-16-14(19)12-10-18-13(11-17-12)15-8-4-2/h10-11H,3-9H2,1-2H3,(H,15,18)(H,16,19). The maximum absolute atomic E-state index is 11.8. The molecule has 0 saturated carbocycles. The van der Waals surface area contributed by atoms with Crippen LogP contribution in [0.2, 0.25) is 0 Å². The summed E-state index contributed by atoms with van der Waals surface area (Å²) in [7, 11) is 0. The van der Waals surface area contributed by atoms with Gasteiger partial charge in [0.05, 0.1) is 12.4 Å². The zero-order chi connectivity index (χ0) is 13.9. The Hall–Kier alpha value is -1.65. The van der Waals surface area contributed by atoms with Crippen molar-refractivity contribution in [3.05, 3.63) is 18.1 Å². The van der Waals surface area contributed by atoms with Gasteiger partial charge in [0.2, 0.25) is 0 Å². The van der Waals surface area contributed by atoms with E-state index in [9.17, 15) is 4.79 Å². The highest BCUT2D eigenvalue weighted by atomic mass is 16.1. The molecular weight excluding hydrogens is 240 g/mol. The van der Waals surface area contributed by atoms with Gasteiger partial charge in [0.1, 0.15) is 11.5 Å². The Kier molecular flexibility index (Phi) is 7.54. The van der Waals surface area contributed by atoms with Gasteiger partial charge in [-0.05, 0) is 12.8 Å². The van der Waals surface area contributed by atoms with Crippen LogP contribution in [0.5, 0.6) is 0 Å². The summed E-state index contributed by atoms with van der Waals surface area (Å²) in [4.78, 5) is 20.0. The van der Waals surface area contributed by atoms with Crippen LogP contribution in [0.4, 0.5) is 5.82 Å². The van der Waals surface area contributed by atoms with E-state index in [1.165, 1.54) is 19.0 Å². The van der Waals surface area contributed by atoms with E-state index in [1.807, 2.05) is 0 Å². The lowest BCUT2D eigenvalue weighted by Crippen LogP contribution is -2.25. The summed E-state index contributed by atoms with van der Waals surface area (Å²) < 4.78 is 0. The molecular formula is C14H24N4O. The molecule has 0 aliphatic carbocycles. The van der Waals surface area contributed by atoms with Gasteiger partial charge in [-0.1, -0.05) is 33.1 Å². The third-order valence-electron chi connectivity index (χ3n) is 2.76. The monoisotopic (exact) mass is 264 g/mol. The fraction of sp³-hybridized carbons (Fsp3) is 0.643. The molecule has 0 aromatic carbocycles. The molecule has 1 amide bonds. The average molecular weight is 264 g/mol. The summed E-state index contributed by atoms with van der Waals surface area (Å²) in [5.74, 6) is 0.562. The largest absolute Gasteiger partial charge is 0.369 e. The molecule has 5 nitrogen and oxygen atoms in total. The van der Waals surface area contributed by atoms with Gasteiger partial charge in [0.15, 0.2) is 0 Å². The van der Waals surface area contributed by atoms with Crippen molar-refractivity contribution in [2.24, 2.45) is 0 Å². The first-order valence-corrected chi connectivity index (χ1v) is 7.12. The van der Waals surface area contributed by atoms with Gasteiger partial charge >= 0.3 is 0 Å². The average Bonchev–Trinajstić information content (AvgIpc) is 2.45. The molecule has 106 valence electrons. The lowest BCUT2D eigenvalue weighted by Gasteiger charge is -2.06. The number of anilines is 1. The number of hydrogen-bond donors (Lipinski definition) is 2. The predicted octanol–water partition coefficient (Wildman–Crippen LogP) is 2.61. The lowest BCUT2D eigenvalue weighted by atomic mass is 10.2. The molecule has 1 rings (SSSR count). The van der Waals surface area contributed by atoms with E-state index < -0.39 is 0 Å². The molecule has 0 spiro atoms. The Morgan fingerprint density at radius 2 is 1.89 bits per heavy atom. The van der Waals surface area contributed by atoms with E-state index in [0.717, 1.165) is 25.8 Å². The first kappa shape index (κ1) is 15.4. The maximum atomic E-state index is 11.8. The Bertz CT molecular complexity index is 364. The van der Waals surface area contributed by atoms with Gasteiger partial charge in [-0.25, -0.2) is 9.97 Å². The molecule has 0 fully saturated rings. The van der Waals surface area contributed by atoms with Crippen molar-refractivity contribution in [3.8, 4) is 0 Å². The summed E-state index contributed by atoms with van der Waals surface area (Å²) in [5.41, 5.74) is 0.373. The van der Waals surface area contributed by atoms with E-state index in [4.69, 9.17) is 0 Å². The van der Waals surface area contributed by atoms with Gasteiger partial charge in [0, 0.05) is 13.1 Å². The molecule has 1 aromatic heterocycles. The van der Waals surface area contributed by atoms with E-state index in [1.54, 1.807) is 6.20 Å². The smallest absolute Gasteiger partial charge is 0.271 e. The van der Waals surface area contributed by atoms with Crippen LogP contribution in [0.1, 0.15) is 56.4 Å². The molecule has 1 heterocycles. The second-order valence-corrected chi connectivity index (χ2v) is 4.53.